The third-order valence-electron chi connectivity index (χ3n) is 8.25. The Morgan fingerprint density at radius 1 is 1.04 bits per heavy atom. The highest BCUT2D eigenvalue weighted by Gasteiger charge is 2.27. The maximum Gasteiger partial charge on any atom is 0.355 e. The number of carboxylic acid groups (broad SMARTS) is 1. The molecule has 1 atom stereocenters. The van der Waals surface area contributed by atoms with Crippen LogP contribution in [0.15, 0.2) is 85.1 Å². The first-order valence-corrected chi connectivity index (χ1v) is 22.4. The van der Waals surface area contributed by atoms with Crippen LogP contribution in [0.2, 0.25) is 25.7 Å². The first-order valence-electron chi connectivity index (χ1n) is 17.2. The quantitative estimate of drug-likeness (QED) is 0.0572. The van der Waals surface area contributed by atoms with Crippen molar-refractivity contribution in [1.82, 2.24) is 14.8 Å². The Hall–Kier alpha value is -5.90. The Kier molecular flexibility index (Phi) is 13.0. The number of aromatic carboxylic acids is 1. The summed E-state index contributed by atoms with van der Waals surface area (Å²) in [6, 6.07) is 22.0. The van der Waals surface area contributed by atoms with Gasteiger partial charge in [-0.25, -0.2) is 27.3 Å². The number of carboxylic acids is 1. The number of rotatable bonds is 18. The molecular formula is C38H39F3N6O7SSi. The molecule has 3 aromatic carbocycles. The van der Waals surface area contributed by atoms with Gasteiger partial charge >= 0.3 is 11.7 Å². The number of pyridine rings is 1. The smallest absolute Gasteiger partial charge is 0.355 e. The zero-order valence-electron chi connectivity index (χ0n) is 30.8. The number of nitrogens with zero attached hydrogens (tertiary/aromatic N) is 4. The summed E-state index contributed by atoms with van der Waals surface area (Å²) in [5.41, 5.74) is 1.61. The molecule has 0 spiro atoms. The molecule has 5 rings (SSSR count). The van der Waals surface area contributed by atoms with E-state index in [0.29, 0.717) is 23.7 Å². The van der Waals surface area contributed by atoms with E-state index in [1.165, 1.54) is 65.5 Å². The minimum Gasteiger partial charge on any atom is -0.487 e. The van der Waals surface area contributed by atoms with Crippen molar-refractivity contribution in [3.63, 3.8) is 0 Å². The number of hydrogen-bond acceptors (Lipinski definition) is 10. The van der Waals surface area contributed by atoms with E-state index >= 15 is 0 Å². The van der Waals surface area contributed by atoms with Crippen LogP contribution in [-0.4, -0.2) is 54.7 Å². The van der Waals surface area contributed by atoms with Crippen LogP contribution < -0.4 is 19.5 Å². The average Bonchev–Trinajstić information content (AvgIpc) is 3.50. The van der Waals surface area contributed by atoms with Gasteiger partial charge < -0.3 is 24.6 Å². The first-order chi connectivity index (χ1) is 26.5. The molecule has 2 heterocycles. The number of nitriles is 1. The molecule has 2 aromatic heterocycles. The number of ether oxygens (including phenoxy) is 3. The van der Waals surface area contributed by atoms with Crippen molar-refractivity contribution in [2.45, 2.75) is 57.8 Å². The maximum absolute atomic E-state index is 13.6. The maximum atomic E-state index is 13.6. The number of anilines is 3. The summed E-state index contributed by atoms with van der Waals surface area (Å²) >= 11 is 0. The Morgan fingerprint density at radius 3 is 2.36 bits per heavy atom. The zero-order valence-corrected chi connectivity index (χ0v) is 32.6. The fraction of sp³-hybridized carbons (Fsp3) is 0.263. The Balaban J connectivity index is 1.47. The van der Waals surface area contributed by atoms with E-state index in [1.807, 2.05) is 4.72 Å². The summed E-state index contributed by atoms with van der Waals surface area (Å²) in [4.78, 5) is 15.6. The minimum atomic E-state index is -5.10. The van der Waals surface area contributed by atoms with Crippen LogP contribution in [0.3, 0.4) is 0 Å². The lowest BCUT2D eigenvalue weighted by Crippen LogP contribution is -2.22. The van der Waals surface area contributed by atoms with Gasteiger partial charge in [-0.1, -0.05) is 50.0 Å². The number of nitrogens with one attached hydrogen (secondary N) is 2. The molecule has 13 nitrogen and oxygen atoms in total. The number of halogens is 3. The molecule has 0 saturated carbocycles. The molecule has 0 aliphatic heterocycles. The minimum absolute atomic E-state index is 0.0550. The molecule has 0 aliphatic carbocycles. The topological polar surface area (TPSA) is 178 Å². The van der Waals surface area contributed by atoms with Crippen molar-refractivity contribution in [1.29, 1.82) is 5.26 Å². The fourth-order valence-corrected chi connectivity index (χ4v) is 6.45. The van der Waals surface area contributed by atoms with Crippen LogP contribution in [0.4, 0.5) is 30.5 Å². The van der Waals surface area contributed by atoms with Crippen molar-refractivity contribution >= 4 is 41.4 Å². The second-order valence-corrected chi connectivity index (χ2v) is 21.0. The predicted octanol–water partition coefficient (Wildman–Crippen LogP) is 8.39. The molecular weight excluding hydrogens is 770 g/mol. The molecule has 0 bridgehead atoms. The summed E-state index contributed by atoms with van der Waals surface area (Å²) < 4.78 is 86.0. The predicted molar refractivity (Wildman–Crippen MR) is 206 cm³/mol. The molecule has 0 saturated heterocycles. The van der Waals surface area contributed by atoms with E-state index in [-0.39, 0.29) is 53.0 Å². The molecule has 1 unspecified atom stereocenters. The van der Waals surface area contributed by atoms with E-state index in [9.17, 15) is 31.6 Å². The number of carbonyl (C=O) groups is 1. The highest BCUT2D eigenvalue weighted by molar-refractivity contribution is 7.93. The van der Waals surface area contributed by atoms with E-state index in [4.69, 9.17) is 19.3 Å². The van der Waals surface area contributed by atoms with E-state index in [1.54, 1.807) is 31.2 Å². The molecule has 0 aliphatic rings. The van der Waals surface area contributed by atoms with Crippen molar-refractivity contribution in [3.8, 4) is 28.8 Å². The molecule has 18 heteroatoms. The van der Waals surface area contributed by atoms with Gasteiger partial charge in [0, 0.05) is 20.2 Å². The largest absolute Gasteiger partial charge is 0.487 e. The Bertz CT molecular complexity index is 2300. The van der Waals surface area contributed by atoms with Crippen LogP contribution in [0, 0.1) is 17.1 Å². The van der Waals surface area contributed by atoms with Crippen LogP contribution in [0.5, 0.6) is 11.5 Å². The number of sulfonamides is 1. The van der Waals surface area contributed by atoms with Crippen LogP contribution in [-0.2, 0) is 28.1 Å². The fourth-order valence-electron chi connectivity index (χ4n) is 5.13. The van der Waals surface area contributed by atoms with Gasteiger partial charge in [-0.2, -0.15) is 19.1 Å². The van der Waals surface area contributed by atoms with Gasteiger partial charge in [0.2, 0.25) is 0 Å². The van der Waals surface area contributed by atoms with Gasteiger partial charge in [-0.15, -0.1) is 0 Å². The van der Waals surface area contributed by atoms with Crippen molar-refractivity contribution < 1.29 is 45.7 Å². The lowest BCUT2D eigenvalue weighted by Gasteiger charge is -2.19. The number of hydrogen-bond donors (Lipinski definition) is 3. The SMILES string of the molecule is CC(Oc1cc(-c2nn(COCC[Si](C)(C)C)c(Nc3ccc(OCc4ccc(C(=O)O)cc4)cn3)c2C#N)ccc1NS(=O)(=O)C(F)F)c1ccc(F)cc1. The first kappa shape index (κ1) is 41.3. The van der Waals surface area contributed by atoms with Crippen molar-refractivity contribution in [2.75, 3.05) is 16.6 Å². The molecule has 3 N–H and O–H groups in total. The van der Waals surface area contributed by atoms with E-state index in [0.717, 1.165) is 11.6 Å². The summed E-state index contributed by atoms with van der Waals surface area (Å²) in [6.07, 6.45) is 0.679. The van der Waals surface area contributed by atoms with Crippen LogP contribution in [0.25, 0.3) is 11.3 Å². The van der Waals surface area contributed by atoms with Crippen LogP contribution in [0.1, 0.15) is 40.1 Å². The zero-order chi connectivity index (χ0) is 40.6. The van der Waals surface area contributed by atoms with Gasteiger partial charge in [-0.3, -0.25) is 4.72 Å². The summed E-state index contributed by atoms with van der Waals surface area (Å²) in [6.45, 7) is 8.78. The highest BCUT2D eigenvalue weighted by Crippen LogP contribution is 2.38. The second kappa shape index (κ2) is 17.7. The lowest BCUT2D eigenvalue weighted by atomic mass is 10.1. The molecule has 0 amide bonds. The Morgan fingerprint density at radius 2 is 1.75 bits per heavy atom. The summed E-state index contributed by atoms with van der Waals surface area (Å²) in [5.74, 6) is -4.43. The average molecular weight is 809 g/mol. The summed E-state index contributed by atoms with van der Waals surface area (Å²) in [7, 11) is -6.55. The number of benzene rings is 3. The second-order valence-electron chi connectivity index (χ2n) is 13.8. The summed E-state index contributed by atoms with van der Waals surface area (Å²) in [5, 5.41) is 27.4. The van der Waals surface area contributed by atoms with Gasteiger partial charge in [0.25, 0.3) is 10.0 Å². The van der Waals surface area contributed by atoms with Crippen LogP contribution >= 0.6 is 0 Å². The molecule has 0 radical (unpaired) electrons. The van der Waals surface area contributed by atoms with E-state index < -0.39 is 41.7 Å². The lowest BCUT2D eigenvalue weighted by molar-refractivity contribution is 0.0696. The van der Waals surface area contributed by atoms with Crippen molar-refractivity contribution in [3.05, 3.63) is 113 Å². The molecule has 0 fully saturated rings. The monoisotopic (exact) mass is 808 g/mol. The number of alkyl halides is 2. The standard InChI is InChI=1S/C38H39F3N6O7SSi/c1-24(26-9-12-29(39)13-10-26)54-33-19-28(11-15-32(33)46-55(50,51)38(40)41)35-31(20-42)36(47(45-35)23-52-17-18-56(2,3)4)44-34-16-14-30(21-43-34)53-22-25-5-7-27(8-6-25)37(48)49/h5-16,19,21,24,38,46H,17-18,22-23H2,1-4H3,(H,43,44)(H,48,49). The Labute approximate surface area is 322 Å². The van der Waals surface area contributed by atoms with Gasteiger partial charge in [0.15, 0.2) is 5.82 Å². The van der Waals surface area contributed by atoms with Gasteiger partial charge in [0.05, 0.1) is 17.4 Å². The molecule has 5 aromatic rings. The van der Waals surface area contributed by atoms with Gasteiger partial charge in [-0.05, 0) is 72.6 Å². The third kappa shape index (κ3) is 10.9. The van der Waals surface area contributed by atoms with E-state index in [2.05, 4.69) is 41.1 Å². The molecule has 56 heavy (non-hydrogen) atoms. The third-order valence-corrected chi connectivity index (χ3v) is 10.9. The van der Waals surface area contributed by atoms with Gasteiger partial charge in [0.1, 0.15) is 59.9 Å². The number of aromatic nitrogens is 3. The normalized spacial score (nSPS) is 12.2. The highest BCUT2D eigenvalue weighted by atomic mass is 32.2. The molecule has 294 valence electrons. The van der Waals surface area contributed by atoms with Crippen molar-refractivity contribution in [2.24, 2.45) is 0 Å².